The number of rotatable bonds is 3. The third kappa shape index (κ3) is 2.68. The normalized spacial score (nSPS) is 12.8. The second-order valence-electron chi connectivity index (χ2n) is 2.93. The Morgan fingerprint density at radius 3 is 2.86 bits per heavy atom. The summed E-state index contributed by atoms with van der Waals surface area (Å²) in [5.74, 6) is 0. The van der Waals surface area contributed by atoms with Crippen LogP contribution in [0.2, 0.25) is 0 Å². The Balaban J connectivity index is 3.04. The van der Waals surface area contributed by atoms with Crippen LogP contribution < -0.4 is 11.2 Å². The van der Waals surface area contributed by atoms with E-state index in [-0.39, 0.29) is 11.7 Å². The first-order chi connectivity index (χ1) is 6.54. The first-order valence-electron chi connectivity index (χ1n) is 4.06. The molecule has 6 heteroatoms. The van der Waals surface area contributed by atoms with Gasteiger partial charge in [0, 0.05) is 13.3 Å². The third-order valence-corrected chi connectivity index (χ3v) is 2.59. The Bertz CT molecular complexity index is 423. The Morgan fingerprint density at radius 1 is 1.64 bits per heavy atom. The Morgan fingerprint density at radius 2 is 2.29 bits per heavy atom. The average Bonchev–Trinajstić information content (AvgIpc) is 2.14. The van der Waals surface area contributed by atoms with Crippen molar-refractivity contribution in [2.75, 3.05) is 7.11 Å². The summed E-state index contributed by atoms with van der Waals surface area (Å²) in [5.41, 5.74) is -0.753. The molecule has 0 bridgehead atoms. The van der Waals surface area contributed by atoms with Crippen LogP contribution in [-0.4, -0.2) is 22.8 Å². The molecule has 0 saturated heterocycles. The molecule has 1 atom stereocenters. The summed E-state index contributed by atoms with van der Waals surface area (Å²) in [6, 6.07) is 0. The highest BCUT2D eigenvalue weighted by Crippen LogP contribution is 1.95. The molecule has 1 unspecified atom stereocenters. The van der Waals surface area contributed by atoms with Gasteiger partial charge >= 0.3 is 5.69 Å². The molecule has 5 nitrogen and oxygen atoms in total. The molecule has 0 aliphatic carbocycles. The lowest BCUT2D eigenvalue weighted by Crippen LogP contribution is -2.33. The van der Waals surface area contributed by atoms with E-state index in [2.05, 4.69) is 4.98 Å². The van der Waals surface area contributed by atoms with Gasteiger partial charge in [-0.2, -0.15) is 0 Å². The lowest BCUT2D eigenvalue weighted by atomic mass is 10.4. The fourth-order valence-corrected chi connectivity index (χ4v) is 1.44. The van der Waals surface area contributed by atoms with Crippen LogP contribution >= 0.6 is 22.6 Å². The molecule has 78 valence electrons. The number of H-pyrrole nitrogens is 1. The quantitative estimate of drug-likeness (QED) is 0.810. The first-order valence-corrected chi connectivity index (χ1v) is 5.14. The van der Waals surface area contributed by atoms with Gasteiger partial charge < -0.3 is 4.74 Å². The molecule has 0 aliphatic rings. The van der Waals surface area contributed by atoms with Gasteiger partial charge in [-0.15, -0.1) is 0 Å². The number of halogens is 1. The van der Waals surface area contributed by atoms with E-state index in [1.54, 1.807) is 7.11 Å². The van der Waals surface area contributed by atoms with Gasteiger partial charge in [-0.05, 0) is 29.5 Å². The van der Waals surface area contributed by atoms with Crippen molar-refractivity contribution < 1.29 is 4.74 Å². The highest BCUT2D eigenvalue weighted by atomic mass is 127. The minimum Gasteiger partial charge on any atom is -0.380 e. The third-order valence-electron chi connectivity index (χ3n) is 1.82. The number of nitrogens with one attached hydrogen (secondary N) is 1. The maximum Gasteiger partial charge on any atom is 0.328 e. The fourth-order valence-electron chi connectivity index (χ4n) is 0.970. The van der Waals surface area contributed by atoms with Gasteiger partial charge in [0.2, 0.25) is 0 Å². The van der Waals surface area contributed by atoms with Crippen LogP contribution in [0.4, 0.5) is 0 Å². The largest absolute Gasteiger partial charge is 0.380 e. The lowest BCUT2D eigenvalue weighted by molar-refractivity contribution is 0.102. The zero-order valence-corrected chi connectivity index (χ0v) is 10.1. The van der Waals surface area contributed by atoms with E-state index in [1.165, 1.54) is 10.8 Å². The van der Waals surface area contributed by atoms with Crippen LogP contribution in [0, 0.1) is 3.57 Å². The average molecular weight is 310 g/mol. The van der Waals surface area contributed by atoms with Crippen molar-refractivity contribution in [3.63, 3.8) is 0 Å². The number of aromatic amines is 1. The molecule has 1 rings (SSSR count). The Hall–Kier alpha value is -0.630. The highest BCUT2D eigenvalue weighted by Gasteiger charge is 2.05. The van der Waals surface area contributed by atoms with Crippen molar-refractivity contribution in [2.24, 2.45) is 0 Å². The zero-order valence-electron chi connectivity index (χ0n) is 7.91. The summed E-state index contributed by atoms with van der Waals surface area (Å²) in [6.07, 6.45) is 1.46. The van der Waals surface area contributed by atoms with Crippen molar-refractivity contribution in [1.29, 1.82) is 0 Å². The molecule has 0 saturated carbocycles. The monoisotopic (exact) mass is 310 g/mol. The number of aromatic nitrogens is 2. The molecule has 0 spiro atoms. The molecule has 14 heavy (non-hydrogen) atoms. The summed E-state index contributed by atoms with van der Waals surface area (Å²) >= 11 is 1.88. The van der Waals surface area contributed by atoms with Crippen LogP contribution in [-0.2, 0) is 11.3 Å². The van der Waals surface area contributed by atoms with Crippen molar-refractivity contribution in [3.05, 3.63) is 30.6 Å². The summed E-state index contributed by atoms with van der Waals surface area (Å²) in [6.45, 7) is 2.28. The van der Waals surface area contributed by atoms with Gasteiger partial charge in [0.05, 0.1) is 16.2 Å². The van der Waals surface area contributed by atoms with Crippen molar-refractivity contribution >= 4 is 22.6 Å². The number of methoxy groups -OCH3 is 1. The van der Waals surface area contributed by atoms with E-state index in [9.17, 15) is 9.59 Å². The minimum atomic E-state index is -0.403. The van der Waals surface area contributed by atoms with E-state index in [0.717, 1.165) is 0 Å². The molecule has 0 aromatic carbocycles. The van der Waals surface area contributed by atoms with E-state index < -0.39 is 5.69 Å². The molecule has 0 fully saturated rings. The summed E-state index contributed by atoms with van der Waals surface area (Å²) < 4.78 is 6.94. The van der Waals surface area contributed by atoms with Gasteiger partial charge in [-0.1, -0.05) is 0 Å². The Kier molecular flexibility index (Phi) is 3.87. The summed E-state index contributed by atoms with van der Waals surface area (Å²) in [7, 11) is 1.58. The second-order valence-corrected chi connectivity index (χ2v) is 4.10. The van der Waals surface area contributed by atoms with Crippen molar-refractivity contribution in [2.45, 2.75) is 19.6 Å². The summed E-state index contributed by atoms with van der Waals surface area (Å²) in [4.78, 5) is 24.6. The lowest BCUT2D eigenvalue weighted by Gasteiger charge is -2.10. The number of ether oxygens (including phenoxy) is 1. The molecule has 1 N–H and O–H groups in total. The molecule has 1 aromatic heterocycles. The van der Waals surface area contributed by atoms with E-state index in [0.29, 0.717) is 10.1 Å². The van der Waals surface area contributed by atoms with E-state index in [1.807, 2.05) is 29.5 Å². The molecule has 1 aromatic rings. The van der Waals surface area contributed by atoms with Gasteiger partial charge in [0.25, 0.3) is 5.56 Å². The molecular weight excluding hydrogens is 299 g/mol. The number of hydrogen-bond donors (Lipinski definition) is 1. The smallest absolute Gasteiger partial charge is 0.328 e. The first kappa shape index (κ1) is 11.4. The molecule has 0 amide bonds. The predicted octanol–water partition coefficient (Wildman–Crippen LogP) is 0.176. The topological polar surface area (TPSA) is 64.1 Å². The molecule has 0 aliphatic heterocycles. The van der Waals surface area contributed by atoms with E-state index >= 15 is 0 Å². The minimum absolute atomic E-state index is 0.0607. The van der Waals surface area contributed by atoms with Gasteiger partial charge in [0.1, 0.15) is 0 Å². The molecular formula is C8H11IN2O3. The standard InChI is InChI=1S/C8H11IN2O3/c1-5(14-2)3-11-4-6(9)7(12)10-8(11)13/h4-5H,3H2,1-2H3,(H,10,12,13). The van der Waals surface area contributed by atoms with Gasteiger partial charge in [-0.25, -0.2) is 4.79 Å². The number of hydrogen-bond acceptors (Lipinski definition) is 3. The van der Waals surface area contributed by atoms with Gasteiger partial charge in [-0.3, -0.25) is 14.3 Å². The van der Waals surface area contributed by atoms with Crippen molar-refractivity contribution in [3.8, 4) is 0 Å². The van der Waals surface area contributed by atoms with Crippen LogP contribution in [0.15, 0.2) is 15.8 Å². The number of nitrogens with zero attached hydrogens (tertiary/aromatic N) is 1. The highest BCUT2D eigenvalue weighted by molar-refractivity contribution is 14.1. The maximum atomic E-state index is 11.3. The van der Waals surface area contributed by atoms with E-state index in [4.69, 9.17) is 4.74 Å². The molecule has 0 radical (unpaired) electrons. The van der Waals surface area contributed by atoms with Crippen LogP contribution in [0.5, 0.6) is 0 Å². The maximum absolute atomic E-state index is 11.3. The van der Waals surface area contributed by atoms with Crippen LogP contribution in [0.3, 0.4) is 0 Å². The Labute approximate surface area is 94.2 Å². The van der Waals surface area contributed by atoms with Crippen molar-refractivity contribution in [1.82, 2.24) is 9.55 Å². The summed E-state index contributed by atoms with van der Waals surface area (Å²) in [5, 5.41) is 0. The second kappa shape index (κ2) is 4.74. The van der Waals surface area contributed by atoms with Crippen LogP contribution in [0.25, 0.3) is 0 Å². The SMILES string of the molecule is COC(C)Cn1cc(I)c(=O)[nH]c1=O. The fraction of sp³-hybridized carbons (Fsp3) is 0.500. The molecule has 1 heterocycles. The van der Waals surface area contributed by atoms with Crippen LogP contribution in [0.1, 0.15) is 6.92 Å². The zero-order chi connectivity index (χ0) is 10.7. The predicted molar refractivity (Wildman–Crippen MR) is 60.5 cm³/mol. The van der Waals surface area contributed by atoms with Gasteiger partial charge in [0.15, 0.2) is 0 Å².